The number of halogens is 1. The molecule has 3 aromatic rings. The lowest BCUT2D eigenvalue weighted by Gasteiger charge is -2.13. The highest BCUT2D eigenvalue weighted by Crippen LogP contribution is 2.24. The molecule has 0 atom stereocenters. The van der Waals surface area contributed by atoms with Gasteiger partial charge in [0.25, 0.3) is 0 Å². The number of aliphatic carboxylic acids is 1. The number of rotatable bonds is 14. The van der Waals surface area contributed by atoms with E-state index in [1.807, 2.05) is 24.3 Å². The minimum atomic E-state index is -1.11. The molecule has 0 amide bonds. The smallest absolute Gasteiger partial charge is 0.335 e. The summed E-state index contributed by atoms with van der Waals surface area (Å²) < 4.78 is 5.94. The van der Waals surface area contributed by atoms with Crippen molar-refractivity contribution in [2.75, 3.05) is 6.61 Å². The van der Waals surface area contributed by atoms with Crippen LogP contribution in [0.25, 0.3) is 0 Å². The van der Waals surface area contributed by atoms with Gasteiger partial charge in [0.2, 0.25) is 0 Å². The Kier molecular flexibility index (Phi) is 10.1. The van der Waals surface area contributed by atoms with Gasteiger partial charge < -0.3 is 14.9 Å². The second kappa shape index (κ2) is 13.4. The first-order chi connectivity index (χ1) is 17.3. The quantitative estimate of drug-likeness (QED) is 0.191. The van der Waals surface area contributed by atoms with Crippen LogP contribution in [0.5, 0.6) is 5.75 Å². The van der Waals surface area contributed by atoms with Crippen LogP contribution in [-0.2, 0) is 17.6 Å². The van der Waals surface area contributed by atoms with Crippen LogP contribution in [-0.4, -0.2) is 34.5 Å². The molecule has 36 heavy (non-hydrogen) atoms. The van der Waals surface area contributed by atoms with Crippen LogP contribution in [0.3, 0.4) is 0 Å². The second-order valence-electron chi connectivity index (χ2n) is 8.57. The number of carbonyl (C=O) groups excluding carboxylic acids is 1. The molecule has 0 unspecified atom stereocenters. The van der Waals surface area contributed by atoms with Crippen LogP contribution in [0.1, 0.15) is 69.5 Å². The first-order valence-corrected chi connectivity index (χ1v) is 12.3. The molecule has 7 heteroatoms. The maximum atomic E-state index is 12.9. The summed E-state index contributed by atoms with van der Waals surface area (Å²) in [5, 5.41) is 19.1. The predicted molar refractivity (Wildman–Crippen MR) is 138 cm³/mol. The summed E-state index contributed by atoms with van der Waals surface area (Å²) in [5.41, 5.74) is 2.54. The predicted octanol–water partition coefficient (Wildman–Crippen LogP) is 6.47. The van der Waals surface area contributed by atoms with Crippen molar-refractivity contribution < 1.29 is 29.3 Å². The maximum Gasteiger partial charge on any atom is 0.335 e. The number of carboxylic acids is 2. The number of hydrogen-bond acceptors (Lipinski definition) is 4. The topological polar surface area (TPSA) is 101 Å². The van der Waals surface area contributed by atoms with E-state index in [0.717, 1.165) is 37.1 Å². The highest BCUT2D eigenvalue weighted by molar-refractivity contribution is 6.30. The summed E-state index contributed by atoms with van der Waals surface area (Å²) in [6.07, 6.45) is 5.15. The Balaban J connectivity index is 1.57. The first-order valence-electron chi connectivity index (χ1n) is 11.9. The molecular formula is C29H29ClO6. The Morgan fingerprint density at radius 2 is 1.44 bits per heavy atom. The van der Waals surface area contributed by atoms with E-state index in [1.54, 1.807) is 24.3 Å². The monoisotopic (exact) mass is 508 g/mol. The van der Waals surface area contributed by atoms with Gasteiger partial charge in [-0.15, -0.1) is 0 Å². The molecule has 0 aliphatic heterocycles. The molecule has 0 radical (unpaired) electrons. The van der Waals surface area contributed by atoms with Crippen molar-refractivity contribution >= 4 is 29.3 Å². The van der Waals surface area contributed by atoms with Gasteiger partial charge in [-0.1, -0.05) is 48.7 Å². The van der Waals surface area contributed by atoms with Gasteiger partial charge >= 0.3 is 11.9 Å². The van der Waals surface area contributed by atoms with Crippen molar-refractivity contribution in [2.24, 2.45) is 0 Å². The molecule has 188 valence electrons. The van der Waals surface area contributed by atoms with Crippen LogP contribution < -0.4 is 4.74 Å². The Bertz CT molecular complexity index is 1200. The molecule has 0 bridgehead atoms. The minimum Gasteiger partial charge on any atom is -0.493 e. The number of hydrogen-bond donors (Lipinski definition) is 2. The normalized spacial score (nSPS) is 10.7. The fourth-order valence-corrected chi connectivity index (χ4v) is 4.00. The highest BCUT2D eigenvalue weighted by atomic mass is 35.5. The molecule has 0 aromatic heterocycles. The molecule has 6 nitrogen and oxygen atoms in total. The third-order valence-electron chi connectivity index (χ3n) is 5.83. The number of carboxylic acid groups (broad SMARTS) is 2. The summed E-state index contributed by atoms with van der Waals surface area (Å²) >= 11 is 5.92. The highest BCUT2D eigenvalue weighted by Gasteiger charge is 2.15. The molecule has 3 rings (SSSR count). The van der Waals surface area contributed by atoms with Crippen molar-refractivity contribution in [3.8, 4) is 5.75 Å². The Morgan fingerprint density at radius 1 is 0.750 bits per heavy atom. The van der Waals surface area contributed by atoms with E-state index in [4.69, 9.17) is 21.4 Å². The lowest BCUT2D eigenvalue weighted by molar-refractivity contribution is -0.136. The van der Waals surface area contributed by atoms with Gasteiger partial charge in [-0.3, -0.25) is 9.59 Å². The van der Waals surface area contributed by atoms with Crippen molar-refractivity contribution in [3.05, 3.63) is 99.6 Å². The number of aryl methyl sites for hydroxylation is 2. The first kappa shape index (κ1) is 27.0. The zero-order valence-corrected chi connectivity index (χ0v) is 20.7. The molecule has 0 spiro atoms. The third-order valence-corrected chi connectivity index (χ3v) is 6.09. The van der Waals surface area contributed by atoms with Gasteiger partial charge in [-0.25, -0.2) is 4.79 Å². The van der Waals surface area contributed by atoms with Crippen molar-refractivity contribution in [1.29, 1.82) is 0 Å². The molecule has 0 saturated heterocycles. The molecule has 2 N–H and O–H groups in total. The number of benzene rings is 3. The summed E-state index contributed by atoms with van der Waals surface area (Å²) in [7, 11) is 0. The zero-order chi connectivity index (χ0) is 25.9. The number of ketones is 1. The Morgan fingerprint density at radius 3 is 2.17 bits per heavy atom. The van der Waals surface area contributed by atoms with E-state index in [9.17, 15) is 19.5 Å². The van der Waals surface area contributed by atoms with E-state index in [-0.39, 0.29) is 29.8 Å². The lowest BCUT2D eigenvalue weighted by atomic mass is 9.98. The van der Waals surface area contributed by atoms with Crippen molar-refractivity contribution in [2.45, 2.75) is 44.9 Å². The SMILES string of the molecule is O=C(O)CCc1cc(C(=O)c2cccc(C(=O)O)c2)ccc1OCCCCCCc1ccc(Cl)cc1. The standard InChI is InChI=1S/C29H29ClO6/c30-25-13-9-20(10-14-25)6-3-1-2-4-17-36-26-15-11-23(18-21(26)12-16-27(31)32)28(33)22-7-5-8-24(19-22)29(34)35/h5,7-11,13-15,18-19H,1-4,6,12,16-17H2,(H,31,32)(H,34,35). The molecule has 0 heterocycles. The van der Waals surface area contributed by atoms with Gasteiger partial charge in [-0.2, -0.15) is 0 Å². The Hall–Kier alpha value is -3.64. The number of unbranched alkanes of at least 4 members (excludes halogenated alkanes) is 3. The van der Waals surface area contributed by atoms with Crippen molar-refractivity contribution in [3.63, 3.8) is 0 Å². The van der Waals surface area contributed by atoms with Gasteiger partial charge in [0.1, 0.15) is 5.75 Å². The average Bonchev–Trinajstić information content (AvgIpc) is 2.88. The summed E-state index contributed by atoms with van der Waals surface area (Å²) in [6, 6.07) is 18.7. The lowest BCUT2D eigenvalue weighted by Crippen LogP contribution is -2.07. The summed E-state index contributed by atoms with van der Waals surface area (Å²) in [6.45, 7) is 0.495. The van der Waals surface area contributed by atoms with E-state index in [1.165, 1.54) is 23.8 Å². The van der Waals surface area contributed by atoms with Gasteiger partial charge in [0.15, 0.2) is 5.78 Å². The van der Waals surface area contributed by atoms with E-state index >= 15 is 0 Å². The van der Waals surface area contributed by atoms with E-state index in [2.05, 4.69) is 0 Å². The Labute approximate surface area is 215 Å². The van der Waals surface area contributed by atoms with Crippen LogP contribution in [0.4, 0.5) is 0 Å². The largest absolute Gasteiger partial charge is 0.493 e. The summed E-state index contributed by atoms with van der Waals surface area (Å²) in [5.74, 6) is -1.82. The molecule has 0 aliphatic rings. The third kappa shape index (κ3) is 8.24. The fourth-order valence-electron chi connectivity index (χ4n) is 3.88. The number of ether oxygens (including phenoxy) is 1. The van der Waals surface area contributed by atoms with Crippen molar-refractivity contribution in [1.82, 2.24) is 0 Å². The number of carbonyl (C=O) groups is 3. The summed E-state index contributed by atoms with van der Waals surface area (Å²) in [4.78, 5) is 35.3. The van der Waals surface area contributed by atoms with Gasteiger partial charge in [-0.05, 0) is 79.3 Å². The van der Waals surface area contributed by atoms with Crippen LogP contribution in [0, 0.1) is 0 Å². The minimum absolute atomic E-state index is 0.0278. The molecule has 0 saturated carbocycles. The van der Waals surface area contributed by atoms with Crippen LogP contribution in [0.2, 0.25) is 5.02 Å². The van der Waals surface area contributed by atoms with Crippen LogP contribution >= 0.6 is 11.6 Å². The van der Waals surface area contributed by atoms with Crippen LogP contribution in [0.15, 0.2) is 66.7 Å². The second-order valence-corrected chi connectivity index (χ2v) is 9.01. The van der Waals surface area contributed by atoms with E-state index < -0.39 is 11.9 Å². The van der Waals surface area contributed by atoms with Gasteiger partial charge in [0.05, 0.1) is 12.2 Å². The molecule has 0 fully saturated rings. The van der Waals surface area contributed by atoms with Gasteiger partial charge in [0, 0.05) is 22.6 Å². The van der Waals surface area contributed by atoms with E-state index in [0.29, 0.717) is 23.5 Å². The number of aromatic carboxylic acids is 1. The maximum absolute atomic E-state index is 12.9. The fraction of sp³-hybridized carbons (Fsp3) is 0.276. The molecule has 3 aromatic carbocycles. The molecular weight excluding hydrogens is 480 g/mol. The average molecular weight is 509 g/mol. The zero-order valence-electron chi connectivity index (χ0n) is 19.9. The molecule has 0 aliphatic carbocycles.